The zero-order chi connectivity index (χ0) is 18.8. The molecule has 0 bridgehead atoms. The summed E-state index contributed by atoms with van der Waals surface area (Å²) in [5.41, 5.74) is 6.31. The van der Waals surface area contributed by atoms with Gasteiger partial charge in [0.2, 0.25) is 5.91 Å². The first kappa shape index (κ1) is 22.4. The minimum atomic E-state index is -0.601. The molecule has 0 aliphatic carbocycles. The molecule has 26 heavy (non-hydrogen) atoms. The van der Waals surface area contributed by atoms with E-state index in [2.05, 4.69) is 5.32 Å². The molecule has 0 spiro atoms. The molecule has 7 heteroatoms. The molecule has 2 amide bonds. The number of amides is 2. The van der Waals surface area contributed by atoms with Gasteiger partial charge in [-0.15, -0.1) is 12.4 Å². The largest absolute Gasteiger partial charge is 0.338 e. The fourth-order valence-electron chi connectivity index (χ4n) is 3.05. The molecular weight excluding hydrogens is 357 g/mol. The smallest absolute Gasteiger partial charge is 0.253 e. The molecule has 2 rings (SSSR count). The Morgan fingerprint density at radius 3 is 2.58 bits per heavy atom. The van der Waals surface area contributed by atoms with Crippen LogP contribution in [0.25, 0.3) is 0 Å². The summed E-state index contributed by atoms with van der Waals surface area (Å²) in [5, 5.41) is 2.55. The molecule has 0 radical (unpaired) electrons. The van der Waals surface area contributed by atoms with Crippen molar-refractivity contribution >= 4 is 29.9 Å². The van der Waals surface area contributed by atoms with Crippen molar-refractivity contribution in [1.29, 1.82) is 0 Å². The maximum atomic E-state index is 14.3. The van der Waals surface area contributed by atoms with Crippen molar-refractivity contribution in [2.45, 2.75) is 46.6 Å². The van der Waals surface area contributed by atoms with E-state index in [0.29, 0.717) is 19.5 Å². The normalized spacial score (nSPS) is 19.0. The van der Waals surface area contributed by atoms with Crippen molar-refractivity contribution in [3.63, 3.8) is 0 Å². The number of rotatable bonds is 4. The zero-order valence-electron chi connectivity index (χ0n) is 15.8. The van der Waals surface area contributed by atoms with Crippen molar-refractivity contribution < 1.29 is 14.0 Å². The van der Waals surface area contributed by atoms with Crippen LogP contribution in [-0.2, 0) is 4.79 Å². The van der Waals surface area contributed by atoms with Crippen molar-refractivity contribution in [3.05, 3.63) is 29.6 Å². The second-order valence-electron chi connectivity index (χ2n) is 7.95. The van der Waals surface area contributed by atoms with E-state index in [-0.39, 0.29) is 52.8 Å². The van der Waals surface area contributed by atoms with E-state index in [1.165, 1.54) is 12.1 Å². The minimum Gasteiger partial charge on any atom is -0.338 e. The van der Waals surface area contributed by atoms with Crippen LogP contribution in [0.2, 0.25) is 0 Å². The van der Waals surface area contributed by atoms with Crippen LogP contribution in [0.4, 0.5) is 10.1 Å². The van der Waals surface area contributed by atoms with Crippen molar-refractivity contribution in [2.24, 2.45) is 17.1 Å². The molecule has 1 aliphatic heterocycles. The maximum absolute atomic E-state index is 14.3. The lowest BCUT2D eigenvalue weighted by Gasteiger charge is -2.42. The first-order chi connectivity index (χ1) is 11.6. The Labute approximate surface area is 160 Å². The highest BCUT2D eigenvalue weighted by Gasteiger charge is 2.35. The lowest BCUT2D eigenvalue weighted by molar-refractivity contribution is -0.116. The topological polar surface area (TPSA) is 75.4 Å². The summed E-state index contributed by atoms with van der Waals surface area (Å²) in [4.78, 5) is 26.2. The Hall–Kier alpha value is -1.66. The van der Waals surface area contributed by atoms with Crippen LogP contribution in [0.3, 0.4) is 0 Å². The summed E-state index contributed by atoms with van der Waals surface area (Å²) in [6.45, 7) is 9.02. The number of piperidine rings is 1. The predicted molar refractivity (Wildman–Crippen MR) is 104 cm³/mol. The standard InChI is InChI=1S/C19H28FN3O2.ClH/c1-12(2)9-17(24)22-15-6-5-13(10-14(15)20)18(25)23-8-7-16(21)19(3,4)11-23;/h5-6,10,12,16H,7-9,11,21H2,1-4H3,(H,22,24);1H. The third kappa shape index (κ3) is 5.42. The molecule has 1 unspecified atom stereocenters. The molecule has 0 aromatic heterocycles. The second-order valence-corrected chi connectivity index (χ2v) is 7.95. The van der Waals surface area contributed by atoms with E-state index in [1.807, 2.05) is 27.7 Å². The van der Waals surface area contributed by atoms with Gasteiger partial charge in [0.15, 0.2) is 0 Å². The van der Waals surface area contributed by atoms with Gasteiger partial charge in [-0.2, -0.15) is 0 Å². The Kier molecular flexibility index (Phi) is 7.59. The summed E-state index contributed by atoms with van der Waals surface area (Å²) >= 11 is 0. The number of hydrogen-bond acceptors (Lipinski definition) is 3. The average Bonchev–Trinajstić information content (AvgIpc) is 2.50. The third-order valence-electron chi connectivity index (χ3n) is 4.68. The lowest BCUT2D eigenvalue weighted by atomic mass is 9.79. The molecular formula is C19H29ClFN3O2. The molecule has 1 aromatic rings. The van der Waals surface area contributed by atoms with Gasteiger partial charge in [0.05, 0.1) is 5.69 Å². The molecule has 1 heterocycles. The Bertz CT molecular complexity index is 664. The van der Waals surface area contributed by atoms with Crippen LogP contribution < -0.4 is 11.1 Å². The molecule has 1 aromatic carbocycles. The van der Waals surface area contributed by atoms with Crippen LogP contribution >= 0.6 is 12.4 Å². The van der Waals surface area contributed by atoms with Gasteiger partial charge in [-0.25, -0.2) is 4.39 Å². The molecule has 0 saturated carbocycles. The number of halogens is 2. The number of likely N-dealkylation sites (tertiary alicyclic amines) is 1. The van der Waals surface area contributed by atoms with Crippen LogP contribution in [0.1, 0.15) is 50.9 Å². The number of hydrogen-bond donors (Lipinski definition) is 2. The molecule has 1 aliphatic rings. The average molecular weight is 386 g/mol. The van der Waals surface area contributed by atoms with Crippen molar-refractivity contribution in [1.82, 2.24) is 4.90 Å². The summed E-state index contributed by atoms with van der Waals surface area (Å²) in [6.07, 6.45) is 1.05. The van der Waals surface area contributed by atoms with E-state index in [9.17, 15) is 14.0 Å². The minimum absolute atomic E-state index is 0. The molecule has 1 saturated heterocycles. The van der Waals surface area contributed by atoms with Gasteiger partial charge < -0.3 is 16.0 Å². The highest BCUT2D eigenvalue weighted by Crippen LogP contribution is 2.29. The van der Waals surface area contributed by atoms with Gasteiger partial charge in [-0.1, -0.05) is 27.7 Å². The first-order valence-corrected chi connectivity index (χ1v) is 8.74. The van der Waals surface area contributed by atoms with Crippen LogP contribution in [0.15, 0.2) is 18.2 Å². The molecule has 1 atom stereocenters. The quantitative estimate of drug-likeness (QED) is 0.833. The van der Waals surface area contributed by atoms with Gasteiger partial charge >= 0.3 is 0 Å². The summed E-state index contributed by atoms with van der Waals surface area (Å²) in [7, 11) is 0. The maximum Gasteiger partial charge on any atom is 0.253 e. The monoisotopic (exact) mass is 385 g/mol. The number of nitrogens with one attached hydrogen (secondary N) is 1. The molecule has 146 valence electrons. The number of anilines is 1. The number of nitrogens with zero attached hydrogens (tertiary/aromatic N) is 1. The van der Waals surface area contributed by atoms with E-state index < -0.39 is 5.82 Å². The van der Waals surface area contributed by atoms with E-state index in [1.54, 1.807) is 11.0 Å². The third-order valence-corrected chi connectivity index (χ3v) is 4.68. The van der Waals surface area contributed by atoms with Gasteiger partial charge in [0, 0.05) is 31.1 Å². The first-order valence-electron chi connectivity index (χ1n) is 8.74. The number of carbonyl (C=O) groups excluding carboxylic acids is 2. The SMILES string of the molecule is CC(C)CC(=O)Nc1ccc(C(=O)N2CCC(N)C(C)(C)C2)cc1F.Cl. The van der Waals surface area contributed by atoms with Crippen molar-refractivity contribution in [3.8, 4) is 0 Å². The zero-order valence-corrected chi connectivity index (χ0v) is 16.7. The van der Waals surface area contributed by atoms with E-state index >= 15 is 0 Å². The Morgan fingerprint density at radius 2 is 2.04 bits per heavy atom. The number of nitrogens with two attached hydrogens (primary N) is 1. The van der Waals surface area contributed by atoms with Crippen LogP contribution in [0, 0.1) is 17.2 Å². The van der Waals surface area contributed by atoms with Gasteiger partial charge in [-0.05, 0) is 36.0 Å². The molecule has 1 fully saturated rings. The Morgan fingerprint density at radius 1 is 1.38 bits per heavy atom. The van der Waals surface area contributed by atoms with Crippen LogP contribution in [0.5, 0.6) is 0 Å². The van der Waals surface area contributed by atoms with Gasteiger partial charge in [-0.3, -0.25) is 9.59 Å². The highest BCUT2D eigenvalue weighted by molar-refractivity contribution is 5.96. The van der Waals surface area contributed by atoms with Crippen LogP contribution in [-0.4, -0.2) is 35.8 Å². The number of carbonyl (C=O) groups is 2. The summed E-state index contributed by atoms with van der Waals surface area (Å²) < 4.78 is 14.3. The summed E-state index contributed by atoms with van der Waals surface area (Å²) in [5.74, 6) is -0.854. The molecule has 3 N–H and O–H groups in total. The second kappa shape index (κ2) is 8.82. The fourth-order valence-corrected chi connectivity index (χ4v) is 3.05. The van der Waals surface area contributed by atoms with Gasteiger partial charge in [0.25, 0.3) is 5.91 Å². The number of benzene rings is 1. The molecule has 5 nitrogen and oxygen atoms in total. The van der Waals surface area contributed by atoms with E-state index in [0.717, 1.165) is 6.42 Å². The van der Waals surface area contributed by atoms with Gasteiger partial charge in [0.1, 0.15) is 5.82 Å². The lowest BCUT2D eigenvalue weighted by Crippen LogP contribution is -2.54. The predicted octanol–water partition coefficient (Wildman–Crippen LogP) is 3.43. The highest BCUT2D eigenvalue weighted by atomic mass is 35.5. The van der Waals surface area contributed by atoms with E-state index in [4.69, 9.17) is 5.73 Å². The summed E-state index contributed by atoms with van der Waals surface area (Å²) in [6, 6.07) is 4.24. The fraction of sp³-hybridized carbons (Fsp3) is 0.579. The van der Waals surface area contributed by atoms with Crippen molar-refractivity contribution in [2.75, 3.05) is 18.4 Å². The Balaban J connectivity index is 0.00000338.